The molecule has 2 aliphatic rings. The van der Waals surface area contributed by atoms with Gasteiger partial charge in [0, 0.05) is 25.7 Å². The Hall–Kier alpha value is -3.49. The summed E-state index contributed by atoms with van der Waals surface area (Å²) in [7, 11) is 1.59. The first kappa shape index (κ1) is 27.5. The zero-order valence-electron chi connectivity index (χ0n) is 21.3. The van der Waals surface area contributed by atoms with E-state index in [0.717, 1.165) is 23.7 Å². The first-order chi connectivity index (χ1) is 18.2. The van der Waals surface area contributed by atoms with Gasteiger partial charge in [0.1, 0.15) is 27.6 Å². The lowest BCUT2D eigenvalue weighted by molar-refractivity contribution is -0.148. The summed E-state index contributed by atoms with van der Waals surface area (Å²) in [5.74, 6) is -0.783. The Morgan fingerprint density at radius 3 is 2.68 bits per heavy atom. The Labute approximate surface area is 229 Å². The van der Waals surface area contributed by atoms with E-state index in [2.05, 4.69) is 0 Å². The van der Waals surface area contributed by atoms with Gasteiger partial charge in [-0.25, -0.2) is 4.39 Å². The highest BCUT2D eigenvalue weighted by Crippen LogP contribution is 2.37. The minimum absolute atomic E-state index is 0.0109. The van der Waals surface area contributed by atoms with Crippen molar-refractivity contribution in [2.45, 2.75) is 33.2 Å². The number of hydrogen-bond acceptors (Lipinski definition) is 8. The van der Waals surface area contributed by atoms with Gasteiger partial charge in [-0.05, 0) is 56.0 Å². The Kier molecular flexibility index (Phi) is 8.33. The number of ether oxygens (including phenoxy) is 1. The maximum absolute atomic E-state index is 13.4. The van der Waals surface area contributed by atoms with Crippen molar-refractivity contribution in [2.75, 3.05) is 24.6 Å². The molecule has 1 unspecified atom stereocenters. The van der Waals surface area contributed by atoms with Crippen LogP contribution in [0.1, 0.15) is 42.0 Å². The average Bonchev–Trinajstić information content (AvgIpc) is 3.16. The van der Waals surface area contributed by atoms with Crippen LogP contribution in [0.3, 0.4) is 0 Å². The van der Waals surface area contributed by atoms with E-state index in [0.29, 0.717) is 45.7 Å². The fraction of sp³-hybridized carbons (Fsp3) is 0.370. The van der Waals surface area contributed by atoms with Crippen molar-refractivity contribution in [2.24, 2.45) is 13.0 Å². The Balaban J connectivity index is 1.75. The molecule has 0 spiro atoms. The first-order valence-corrected chi connectivity index (χ1v) is 13.4. The van der Waals surface area contributed by atoms with E-state index >= 15 is 0 Å². The number of anilines is 1. The molecule has 0 saturated carbocycles. The van der Waals surface area contributed by atoms with Gasteiger partial charge in [-0.15, -0.1) is 0 Å². The third-order valence-corrected chi connectivity index (χ3v) is 8.09. The summed E-state index contributed by atoms with van der Waals surface area (Å²) in [6.07, 6.45) is 3.06. The molecule has 1 atom stereocenters. The third-order valence-electron chi connectivity index (χ3n) is 6.71. The summed E-state index contributed by atoms with van der Waals surface area (Å²) >= 11 is 6.61. The SMILES string of the molecule is CCOC(=O)C1CCCN(c2c(C=C3SC(=S)N(Cc4ccc(F)cc4)C3=O)c(C)c(C#N)c(=O)n2C)C1. The molecule has 2 fully saturated rings. The summed E-state index contributed by atoms with van der Waals surface area (Å²) in [4.78, 5) is 42.7. The molecule has 1 aromatic heterocycles. The lowest BCUT2D eigenvalue weighted by Crippen LogP contribution is -2.42. The second-order valence-corrected chi connectivity index (χ2v) is 10.8. The topological polar surface area (TPSA) is 95.6 Å². The smallest absolute Gasteiger partial charge is 0.310 e. The van der Waals surface area contributed by atoms with Crippen molar-refractivity contribution in [1.29, 1.82) is 5.26 Å². The number of hydrogen-bond donors (Lipinski definition) is 0. The van der Waals surface area contributed by atoms with E-state index in [-0.39, 0.29) is 42.3 Å². The van der Waals surface area contributed by atoms with Crippen molar-refractivity contribution < 1.29 is 18.7 Å². The van der Waals surface area contributed by atoms with Gasteiger partial charge in [-0.3, -0.25) is 23.9 Å². The van der Waals surface area contributed by atoms with Gasteiger partial charge in [0.2, 0.25) is 0 Å². The zero-order chi connectivity index (χ0) is 27.6. The largest absolute Gasteiger partial charge is 0.466 e. The van der Waals surface area contributed by atoms with E-state index in [1.54, 1.807) is 39.1 Å². The van der Waals surface area contributed by atoms with E-state index in [4.69, 9.17) is 17.0 Å². The number of piperidine rings is 1. The number of thioether (sulfide) groups is 1. The fourth-order valence-corrected chi connectivity index (χ4v) is 5.99. The maximum atomic E-state index is 13.4. The van der Waals surface area contributed by atoms with Crippen molar-refractivity contribution >= 4 is 52.1 Å². The van der Waals surface area contributed by atoms with Crippen LogP contribution in [0, 0.1) is 30.0 Å². The number of amides is 1. The van der Waals surface area contributed by atoms with E-state index in [1.165, 1.54) is 21.6 Å². The van der Waals surface area contributed by atoms with Crippen LogP contribution in [-0.4, -0.2) is 45.4 Å². The molecule has 1 aromatic carbocycles. The number of aromatic nitrogens is 1. The number of halogens is 1. The lowest BCUT2D eigenvalue weighted by atomic mass is 9.96. The minimum Gasteiger partial charge on any atom is -0.466 e. The third kappa shape index (κ3) is 5.37. The summed E-state index contributed by atoms with van der Waals surface area (Å²) in [6.45, 7) is 4.87. The number of esters is 1. The van der Waals surface area contributed by atoms with Crippen molar-refractivity contribution in [3.63, 3.8) is 0 Å². The van der Waals surface area contributed by atoms with Crippen LogP contribution in [0.5, 0.6) is 0 Å². The van der Waals surface area contributed by atoms with Crippen LogP contribution in [-0.2, 0) is 27.9 Å². The van der Waals surface area contributed by atoms with Crippen LogP contribution in [0.15, 0.2) is 34.0 Å². The van der Waals surface area contributed by atoms with Crippen LogP contribution >= 0.6 is 24.0 Å². The van der Waals surface area contributed by atoms with Gasteiger partial charge in [-0.2, -0.15) is 5.26 Å². The molecule has 3 heterocycles. The quantitative estimate of drug-likeness (QED) is 0.302. The normalized spacial score (nSPS) is 18.7. The molecule has 0 bridgehead atoms. The van der Waals surface area contributed by atoms with E-state index in [1.807, 2.05) is 11.0 Å². The van der Waals surface area contributed by atoms with E-state index in [9.17, 15) is 24.0 Å². The molecule has 1 amide bonds. The summed E-state index contributed by atoms with van der Waals surface area (Å²) in [5.41, 5.74) is 1.28. The monoisotopic (exact) mass is 554 g/mol. The van der Waals surface area contributed by atoms with Crippen molar-refractivity contribution in [1.82, 2.24) is 9.47 Å². The number of carbonyl (C=O) groups is 2. The Morgan fingerprint density at radius 2 is 2.03 bits per heavy atom. The van der Waals surface area contributed by atoms with Gasteiger partial charge in [0.15, 0.2) is 0 Å². The molecule has 0 aliphatic carbocycles. The van der Waals surface area contributed by atoms with E-state index < -0.39 is 5.56 Å². The number of nitrogens with zero attached hydrogens (tertiary/aromatic N) is 4. The summed E-state index contributed by atoms with van der Waals surface area (Å²) < 4.78 is 20.3. The minimum atomic E-state index is -0.445. The fourth-order valence-electron chi connectivity index (χ4n) is 4.76. The zero-order valence-corrected chi connectivity index (χ0v) is 23.0. The first-order valence-electron chi connectivity index (χ1n) is 12.2. The highest BCUT2D eigenvalue weighted by atomic mass is 32.2. The highest BCUT2D eigenvalue weighted by Gasteiger charge is 2.34. The molecular formula is C27H27FN4O4S2. The number of thiocarbonyl (C=S) groups is 1. The van der Waals surface area contributed by atoms with Gasteiger partial charge < -0.3 is 9.64 Å². The molecule has 0 N–H and O–H groups in total. The predicted molar refractivity (Wildman–Crippen MR) is 148 cm³/mol. The number of carbonyl (C=O) groups excluding carboxylic acids is 2. The molecule has 198 valence electrons. The summed E-state index contributed by atoms with van der Waals surface area (Å²) in [5, 5.41) is 9.72. The molecule has 8 nitrogen and oxygen atoms in total. The van der Waals surface area contributed by atoms with Crippen LogP contribution in [0.25, 0.3) is 6.08 Å². The van der Waals surface area contributed by atoms with Gasteiger partial charge >= 0.3 is 5.97 Å². The predicted octanol–water partition coefficient (Wildman–Crippen LogP) is 3.89. The Morgan fingerprint density at radius 1 is 1.32 bits per heavy atom. The number of benzene rings is 1. The molecule has 38 heavy (non-hydrogen) atoms. The second-order valence-electron chi connectivity index (χ2n) is 9.14. The second kappa shape index (κ2) is 11.5. The standard InChI is InChI=1S/C27H27FN4O4S2/c1-4-36-26(35)18-6-5-11-31(15-18)23-20(16(2)21(13-29)24(33)30(23)3)12-22-25(34)32(27(37)38-22)14-17-7-9-19(28)10-8-17/h7-10,12,18H,4-6,11,14-15H2,1-3H3. The lowest BCUT2D eigenvalue weighted by Gasteiger charge is -2.35. The van der Waals surface area contributed by atoms with Crippen molar-refractivity contribution in [3.8, 4) is 6.07 Å². The molecule has 2 saturated heterocycles. The number of pyridine rings is 1. The Bertz CT molecular complexity index is 1430. The van der Waals surface area contributed by atoms with Crippen molar-refractivity contribution in [3.05, 3.63) is 67.6 Å². The summed E-state index contributed by atoms with van der Waals surface area (Å²) in [6, 6.07) is 7.85. The van der Waals surface area contributed by atoms with Crippen LogP contribution in [0.4, 0.5) is 10.2 Å². The molecule has 2 aliphatic heterocycles. The number of nitriles is 1. The average molecular weight is 555 g/mol. The van der Waals surface area contributed by atoms with Gasteiger partial charge in [-0.1, -0.05) is 36.1 Å². The molecule has 2 aromatic rings. The number of rotatable bonds is 6. The molecular weight excluding hydrogens is 527 g/mol. The van der Waals surface area contributed by atoms with Crippen LogP contribution in [0.2, 0.25) is 0 Å². The van der Waals surface area contributed by atoms with Gasteiger partial charge in [0.05, 0.1) is 24.0 Å². The van der Waals surface area contributed by atoms with Crippen LogP contribution < -0.4 is 10.5 Å². The maximum Gasteiger partial charge on any atom is 0.310 e. The molecule has 4 rings (SSSR count). The highest BCUT2D eigenvalue weighted by molar-refractivity contribution is 8.26. The molecule has 11 heteroatoms. The van der Waals surface area contributed by atoms with Gasteiger partial charge in [0.25, 0.3) is 11.5 Å². The molecule has 0 radical (unpaired) electrons.